The largest absolute Gasteiger partial charge is 0.468 e. The number of carbonyl (C=O) groups excluding carboxylic acids is 1. The van der Waals surface area contributed by atoms with Gasteiger partial charge in [-0.2, -0.15) is 0 Å². The summed E-state index contributed by atoms with van der Waals surface area (Å²) >= 11 is 0. The van der Waals surface area contributed by atoms with Gasteiger partial charge in [0.05, 0.1) is 17.7 Å². The molecule has 0 aliphatic heterocycles. The predicted molar refractivity (Wildman–Crippen MR) is 96.8 cm³/mol. The van der Waals surface area contributed by atoms with Gasteiger partial charge in [-0.05, 0) is 35.9 Å². The maximum atomic E-state index is 12.4. The molecular formula is C19H18N2O4S. The molecule has 1 amide bonds. The van der Waals surface area contributed by atoms with Crippen molar-refractivity contribution in [3.05, 3.63) is 89.9 Å². The van der Waals surface area contributed by atoms with Gasteiger partial charge >= 0.3 is 0 Å². The molecule has 2 aromatic carbocycles. The van der Waals surface area contributed by atoms with Crippen molar-refractivity contribution in [3.63, 3.8) is 0 Å². The van der Waals surface area contributed by atoms with Crippen LogP contribution in [0.15, 0.2) is 82.3 Å². The summed E-state index contributed by atoms with van der Waals surface area (Å²) in [4.78, 5) is 12.3. The average molecular weight is 370 g/mol. The lowest BCUT2D eigenvalue weighted by Crippen LogP contribution is -2.25. The molecule has 0 unspecified atom stereocenters. The van der Waals surface area contributed by atoms with Gasteiger partial charge in [0.1, 0.15) is 5.76 Å². The molecule has 0 aliphatic rings. The molecular weight excluding hydrogens is 352 g/mol. The second-order valence-corrected chi connectivity index (χ2v) is 7.37. The molecule has 3 rings (SSSR count). The molecule has 6 nitrogen and oxygen atoms in total. The normalized spacial score (nSPS) is 11.2. The number of amides is 1. The molecule has 0 radical (unpaired) electrons. The van der Waals surface area contributed by atoms with Crippen LogP contribution < -0.4 is 10.0 Å². The second-order valence-electron chi connectivity index (χ2n) is 5.60. The summed E-state index contributed by atoms with van der Waals surface area (Å²) in [6, 6.07) is 18.7. The third-order valence-electron chi connectivity index (χ3n) is 3.72. The number of furan rings is 1. The van der Waals surface area contributed by atoms with Crippen molar-refractivity contribution in [2.45, 2.75) is 18.0 Å². The van der Waals surface area contributed by atoms with Gasteiger partial charge < -0.3 is 9.73 Å². The van der Waals surface area contributed by atoms with E-state index in [9.17, 15) is 13.2 Å². The first-order chi connectivity index (χ1) is 12.5. The van der Waals surface area contributed by atoms with Crippen LogP contribution in [0.3, 0.4) is 0 Å². The number of nitrogens with one attached hydrogen (secondary N) is 2. The van der Waals surface area contributed by atoms with Crippen molar-refractivity contribution in [1.29, 1.82) is 0 Å². The number of sulfonamides is 1. The maximum Gasteiger partial charge on any atom is 0.251 e. The molecule has 0 fully saturated rings. The Kier molecular flexibility index (Phi) is 5.50. The van der Waals surface area contributed by atoms with Crippen LogP contribution in [0.4, 0.5) is 0 Å². The first kappa shape index (κ1) is 17.9. The summed E-state index contributed by atoms with van der Waals surface area (Å²) in [5.41, 5.74) is 1.24. The average Bonchev–Trinajstić information content (AvgIpc) is 3.19. The first-order valence-corrected chi connectivity index (χ1v) is 9.47. The lowest BCUT2D eigenvalue weighted by Gasteiger charge is -2.08. The Bertz CT molecular complexity index is 968. The lowest BCUT2D eigenvalue weighted by molar-refractivity contribution is 0.0950. The third kappa shape index (κ3) is 4.59. The van der Waals surface area contributed by atoms with E-state index in [0.717, 1.165) is 5.56 Å². The van der Waals surface area contributed by atoms with Gasteiger partial charge in [-0.1, -0.05) is 36.4 Å². The summed E-state index contributed by atoms with van der Waals surface area (Å²) in [6.07, 6.45) is 1.47. The van der Waals surface area contributed by atoms with Gasteiger partial charge in [0.2, 0.25) is 10.0 Å². The molecule has 134 valence electrons. The summed E-state index contributed by atoms with van der Waals surface area (Å²) in [5, 5.41) is 2.78. The zero-order chi connectivity index (χ0) is 18.4. The molecule has 0 saturated carbocycles. The Labute approximate surface area is 151 Å². The van der Waals surface area contributed by atoms with Crippen LogP contribution in [0.1, 0.15) is 21.7 Å². The van der Waals surface area contributed by atoms with Gasteiger partial charge in [-0.3, -0.25) is 4.79 Å². The molecule has 3 aromatic rings. The van der Waals surface area contributed by atoms with E-state index in [-0.39, 0.29) is 22.9 Å². The fourth-order valence-electron chi connectivity index (χ4n) is 2.35. The number of hydrogen-bond donors (Lipinski definition) is 2. The molecule has 7 heteroatoms. The number of benzene rings is 2. The molecule has 0 spiro atoms. The number of rotatable bonds is 7. The monoisotopic (exact) mass is 370 g/mol. The highest BCUT2D eigenvalue weighted by atomic mass is 32.2. The maximum absolute atomic E-state index is 12.4. The second kappa shape index (κ2) is 7.99. The van der Waals surface area contributed by atoms with E-state index in [0.29, 0.717) is 12.3 Å². The number of carbonyl (C=O) groups is 1. The van der Waals surface area contributed by atoms with Crippen LogP contribution in [0, 0.1) is 0 Å². The molecule has 26 heavy (non-hydrogen) atoms. The van der Waals surface area contributed by atoms with Gasteiger partial charge in [0.15, 0.2) is 0 Å². The molecule has 2 N–H and O–H groups in total. The Morgan fingerprint density at radius 2 is 1.73 bits per heavy atom. The quantitative estimate of drug-likeness (QED) is 0.669. The van der Waals surface area contributed by atoms with Crippen molar-refractivity contribution in [1.82, 2.24) is 10.0 Å². The van der Waals surface area contributed by atoms with E-state index in [1.54, 1.807) is 24.3 Å². The first-order valence-electron chi connectivity index (χ1n) is 7.99. The smallest absolute Gasteiger partial charge is 0.251 e. The molecule has 1 heterocycles. The van der Waals surface area contributed by atoms with Crippen LogP contribution in [0.25, 0.3) is 0 Å². The van der Waals surface area contributed by atoms with Gasteiger partial charge in [-0.25, -0.2) is 13.1 Å². The van der Waals surface area contributed by atoms with E-state index in [1.807, 2.05) is 30.3 Å². The lowest BCUT2D eigenvalue weighted by atomic mass is 10.2. The highest BCUT2D eigenvalue weighted by molar-refractivity contribution is 7.89. The van der Waals surface area contributed by atoms with Crippen LogP contribution in [0.2, 0.25) is 0 Å². The van der Waals surface area contributed by atoms with Crippen LogP contribution in [-0.2, 0) is 23.1 Å². The van der Waals surface area contributed by atoms with Gasteiger partial charge in [0, 0.05) is 12.1 Å². The molecule has 0 atom stereocenters. The van der Waals surface area contributed by atoms with Gasteiger partial charge in [0.25, 0.3) is 5.91 Å². The van der Waals surface area contributed by atoms with E-state index >= 15 is 0 Å². The van der Waals surface area contributed by atoms with Crippen LogP contribution in [-0.4, -0.2) is 14.3 Å². The van der Waals surface area contributed by atoms with E-state index in [2.05, 4.69) is 10.0 Å². The summed E-state index contributed by atoms with van der Waals surface area (Å²) in [7, 11) is -3.75. The summed E-state index contributed by atoms with van der Waals surface area (Å²) in [5.74, 6) is 0.169. The minimum absolute atomic E-state index is 0.0245. The third-order valence-corrected chi connectivity index (χ3v) is 5.12. The SMILES string of the molecule is O=C(NCc1ccccc1)c1cccc(S(=O)(=O)NCc2ccco2)c1. The summed E-state index contributed by atoms with van der Waals surface area (Å²) in [6.45, 7) is 0.410. The topological polar surface area (TPSA) is 88.4 Å². The van der Waals surface area contributed by atoms with E-state index in [4.69, 9.17) is 4.42 Å². The zero-order valence-electron chi connectivity index (χ0n) is 13.9. The Morgan fingerprint density at radius 3 is 2.46 bits per heavy atom. The van der Waals surface area contributed by atoms with E-state index in [1.165, 1.54) is 18.4 Å². The number of hydrogen-bond acceptors (Lipinski definition) is 4. The van der Waals surface area contributed by atoms with Crippen molar-refractivity contribution in [2.24, 2.45) is 0 Å². The summed E-state index contributed by atoms with van der Waals surface area (Å²) < 4.78 is 32.4. The molecule has 0 saturated heterocycles. The van der Waals surface area contributed by atoms with Crippen molar-refractivity contribution >= 4 is 15.9 Å². The Morgan fingerprint density at radius 1 is 0.923 bits per heavy atom. The Hall–Kier alpha value is -2.90. The molecule has 1 aromatic heterocycles. The molecule has 0 aliphatic carbocycles. The highest BCUT2D eigenvalue weighted by Gasteiger charge is 2.16. The standard InChI is InChI=1S/C19H18N2O4S/c22-19(20-13-15-6-2-1-3-7-15)16-8-4-10-18(12-16)26(23,24)21-14-17-9-5-11-25-17/h1-12,21H,13-14H2,(H,20,22). The van der Waals surface area contributed by atoms with Crippen molar-refractivity contribution in [2.75, 3.05) is 0 Å². The zero-order valence-corrected chi connectivity index (χ0v) is 14.7. The fraction of sp³-hybridized carbons (Fsp3) is 0.105. The fourth-order valence-corrected chi connectivity index (χ4v) is 3.39. The predicted octanol–water partition coefficient (Wildman–Crippen LogP) is 2.69. The van der Waals surface area contributed by atoms with Gasteiger partial charge in [-0.15, -0.1) is 0 Å². The van der Waals surface area contributed by atoms with Crippen molar-refractivity contribution in [3.8, 4) is 0 Å². The van der Waals surface area contributed by atoms with Crippen molar-refractivity contribution < 1.29 is 17.6 Å². The highest BCUT2D eigenvalue weighted by Crippen LogP contribution is 2.13. The van der Waals surface area contributed by atoms with E-state index < -0.39 is 10.0 Å². The molecule has 0 bridgehead atoms. The Balaban J connectivity index is 1.67. The van der Waals surface area contributed by atoms with Crippen LogP contribution >= 0.6 is 0 Å². The van der Waals surface area contributed by atoms with Crippen LogP contribution in [0.5, 0.6) is 0 Å². The minimum atomic E-state index is -3.75. The minimum Gasteiger partial charge on any atom is -0.468 e.